The lowest BCUT2D eigenvalue weighted by atomic mass is 10.2. The summed E-state index contributed by atoms with van der Waals surface area (Å²) in [6.45, 7) is 1.88. The largest absolute Gasteiger partial charge is 0.497 e. The molecule has 0 saturated heterocycles. The van der Waals surface area contributed by atoms with Crippen LogP contribution in [-0.4, -0.2) is 48.6 Å². The van der Waals surface area contributed by atoms with Crippen molar-refractivity contribution in [3.8, 4) is 22.7 Å². The van der Waals surface area contributed by atoms with E-state index >= 15 is 0 Å². The molecule has 1 heterocycles. The Morgan fingerprint density at radius 2 is 1.71 bits per heavy atom. The topological polar surface area (TPSA) is 93.5 Å². The van der Waals surface area contributed by atoms with Crippen LogP contribution in [0.2, 0.25) is 0 Å². The molecule has 198 valence electrons. The van der Waals surface area contributed by atoms with E-state index in [1.54, 1.807) is 30.0 Å². The molecular weight excluding hydrogens is 568 g/mol. The first-order chi connectivity index (χ1) is 18.3. The number of carbonyl (C=O) groups is 1. The van der Waals surface area contributed by atoms with Crippen molar-refractivity contribution < 1.29 is 17.9 Å². The summed E-state index contributed by atoms with van der Waals surface area (Å²) in [6.07, 6.45) is 1.42. The normalized spacial score (nSPS) is 11.5. The van der Waals surface area contributed by atoms with E-state index < -0.39 is 15.9 Å². The van der Waals surface area contributed by atoms with Gasteiger partial charge in [0.1, 0.15) is 11.6 Å². The number of benzene rings is 3. The quantitative estimate of drug-likeness (QED) is 0.238. The maximum absolute atomic E-state index is 13.4. The summed E-state index contributed by atoms with van der Waals surface area (Å²) >= 11 is 3.33. The Hall–Kier alpha value is -3.47. The first-order valence-electron chi connectivity index (χ1n) is 12.2. The summed E-state index contributed by atoms with van der Waals surface area (Å²) in [5.41, 5.74) is 2.27. The minimum Gasteiger partial charge on any atom is -0.497 e. The summed E-state index contributed by atoms with van der Waals surface area (Å²) in [7, 11) is -2.28. The van der Waals surface area contributed by atoms with E-state index in [2.05, 4.69) is 21.2 Å². The zero-order valence-electron chi connectivity index (χ0n) is 21.2. The van der Waals surface area contributed by atoms with Crippen LogP contribution in [0.25, 0.3) is 16.9 Å². The van der Waals surface area contributed by atoms with Gasteiger partial charge in [0.15, 0.2) is 0 Å². The van der Waals surface area contributed by atoms with Crippen LogP contribution >= 0.6 is 15.9 Å². The number of hydrogen-bond acceptors (Lipinski definition) is 5. The molecule has 0 spiro atoms. The second-order valence-electron chi connectivity index (χ2n) is 8.58. The summed E-state index contributed by atoms with van der Waals surface area (Å²) in [5, 5.41) is 7.60. The van der Waals surface area contributed by atoms with Crippen LogP contribution in [0.5, 0.6) is 5.75 Å². The zero-order chi connectivity index (χ0) is 27.1. The molecular formula is C28H29BrN4O4S. The molecule has 4 aromatic rings. The van der Waals surface area contributed by atoms with Crippen LogP contribution in [0, 0.1) is 0 Å². The lowest BCUT2D eigenvalue weighted by Crippen LogP contribution is -2.38. The number of sulfonamides is 1. The number of methoxy groups -OCH3 is 1. The zero-order valence-corrected chi connectivity index (χ0v) is 23.6. The third-order valence-corrected chi connectivity index (χ3v) is 8.28. The average Bonchev–Trinajstić information content (AvgIpc) is 3.35. The van der Waals surface area contributed by atoms with Crippen molar-refractivity contribution in [1.29, 1.82) is 0 Å². The number of hydrogen-bond donors (Lipinski definition) is 1. The Kier molecular flexibility index (Phi) is 8.98. The maximum atomic E-state index is 13.4. The van der Waals surface area contributed by atoms with E-state index in [0.717, 1.165) is 16.5 Å². The number of ether oxygens (including phenoxy) is 1. The van der Waals surface area contributed by atoms with E-state index in [4.69, 9.17) is 9.84 Å². The van der Waals surface area contributed by atoms with E-state index in [0.29, 0.717) is 29.4 Å². The number of nitrogens with zero attached hydrogens (tertiary/aromatic N) is 3. The highest BCUT2D eigenvalue weighted by atomic mass is 79.9. The van der Waals surface area contributed by atoms with Crippen LogP contribution in [-0.2, 0) is 14.8 Å². The number of nitrogens with one attached hydrogen (secondary N) is 1. The molecule has 0 atom stereocenters. The van der Waals surface area contributed by atoms with Crippen molar-refractivity contribution >= 4 is 37.7 Å². The molecule has 38 heavy (non-hydrogen) atoms. The molecule has 0 radical (unpaired) electrons. The Morgan fingerprint density at radius 1 is 1.03 bits per heavy atom. The maximum Gasteiger partial charge on any atom is 0.243 e. The Labute approximate surface area is 231 Å². The summed E-state index contributed by atoms with van der Waals surface area (Å²) in [4.78, 5) is 13.4. The van der Waals surface area contributed by atoms with Crippen molar-refractivity contribution in [2.45, 2.75) is 24.7 Å². The number of rotatable bonds is 11. The molecule has 0 aliphatic rings. The molecule has 10 heteroatoms. The van der Waals surface area contributed by atoms with Crippen molar-refractivity contribution in [2.75, 3.05) is 25.5 Å². The molecule has 0 fully saturated rings. The van der Waals surface area contributed by atoms with Crippen molar-refractivity contribution in [1.82, 2.24) is 14.1 Å². The minimum absolute atomic E-state index is 0.138. The van der Waals surface area contributed by atoms with Crippen LogP contribution < -0.4 is 10.1 Å². The van der Waals surface area contributed by atoms with Crippen LogP contribution in [0.4, 0.5) is 5.82 Å². The first-order valence-corrected chi connectivity index (χ1v) is 14.4. The molecule has 0 saturated carbocycles. The smallest absolute Gasteiger partial charge is 0.243 e. The molecule has 1 N–H and O–H groups in total. The number of anilines is 1. The van der Waals surface area contributed by atoms with Gasteiger partial charge in [-0.2, -0.15) is 9.40 Å². The van der Waals surface area contributed by atoms with Crippen molar-refractivity contribution in [3.05, 3.63) is 89.4 Å². The predicted molar refractivity (Wildman–Crippen MR) is 152 cm³/mol. The highest BCUT2D eigenvalue weighted by Gasteiger charge is 2.27. The molecule has 1 aromatic heterocycles. The fourth-order valence-corrected chi connectivity index (χ4v) is 5.56. The molecule has 8 nitrogen and oxygen atoms in total. The third-order valence-electron chi connectivity index (χ3n) is 5.90. The molecule has 0 bridgehead atoms. The van der Waals surface area contributed by atoms with Gasteiger partial charge in [-0.15, -0.1) is 0 Å². The van der Waals surface area contributed by atoms with Gasteiger partial charge in [-0.25, -0.2) is 13.1 Å². The Bertz CT molecular complexity index is 1470. The second-order valence-corrected chi connectivity index (χ2v) is 11.4. The van der Waals surface area contributed by atoms with E-state index in [9.17, 15) is 13.2 Å². The average molecular weight is 598 g/mol. The summed E-state index contributed by atoms with van der Waals surface area (Å²) in [5.74, 6) is 0.658. The molecule has 0 aliphatic carbocycles. The number of aromatic nitrogens is 2. The fourth-order valence-electron chi connectivity index (χ4n) is 3.86. The van der Waals surface area contributed by atoms with Gasteiger partial charge in [-0.3, -0.25) is 4.79 Å². The first kappa shape index (κ1) is 27.6. The number of halogens is 1. The van der Waals surface area contributed by atoms with Gasteiger partial charge in [-0.1, -0.05) is 59.6 Å². The summed E-state index contributed by atoms with van der Waals surface area (Å²) < 4.78 is 35.6. The fraction of sp³-hybridized carbons (Fsp3) is 0.214. The molecule has 1 amide bonds. The van der Waals surface area contributed by atoms with Crippen LogP contribution in [0.15, 0.2) is 94.3 Å². The molecule has 0 unspecified atom stereocenters. The highest BCUT2D eigenvalue weighted by Crippen LogP contribution is 2.26. The highest BCUT2D eigenvalue weighted by molar-refractivity contribution is 9.10. The predicted octanol–water partition coefficient (Wildman–Crippen LogP) is 5.74. The van der Waals surface area contributed by atoms with Gasteiger partial charge >= 0.3 is 0 Å². The van der Waals surface area contributed by atoms with Gasteiger partial charge in [0.2, 0.25) is 15.9 Å². The van der Waals surface area contributed by atoms with Gasteiger partial charge in [0.25, 0.3) is 0 Å². The third kappa shape index (κ3) is 6.50. The Balaban J connectivity index is 1.63. The van der Waals surface area contributed by atoms with Gasteiger partial charge in [0.05, 0.1) is 29.9 Å². The van der Waals surface area contributed by atoms with E-state index in [-0.39, 0.29) is 18.0 Å². The minimum atomic E-state index is -3.87. The van der Waals surface area contributed by atoms with Crippen LogP contribution in [0.1, 0.15) is 19.8 Å². The SMILES string of the molecule is CCCCN(CC(=O)Nc1cc(-c2ccccc2)nn1-c1ccc(OC)cc1)S(=O)(=O)c1ccc(Br)cc1. The number of unbranched alkanes of at least 4 members (excludes halogenated alkanes) is 1. The lowest BCUT2D eigenvalue weighted by molar-refractivity contribution is -0.116. The molecule has 3 aromatic carbocycles. The summed E-state index contributed by atoms with van der Waals surface area (Å²) in [6, 6.07) is 25.1. The number of amides is 1. The monoisotopic (exact) mass is 596 g/mol. The lowest BCUT2D eigenvalue weighted by Gasteiger charge is -2.22. The standard InChI is InChI=1S/C28H29BrN4O4S/c1-3-4-18-32(38(35,36)25-16-10-22(29)11-17-25)20-28(34)30-27-19-26(21-8-6-5-7-9-21)31-33(27)23-12-14-24(37-2)15-13-23/h5-17,19H,3-4,18,20H2,1-2H3,(H,30,34). The van der Waals surface area contributed by atoms with Crippen molar-refractivity contribution in [2.24, 2.45) is 0 Å². The number of carbonyl (C=O) groups excluding carboxylic acids is 1. The van der Waals surface area contributed by atoms with Gasteiger partial charge < -0.3 is 10.1 Å². The van der Waals surface area contributed by atoms with Gasteiger partial charge in [-0.05, 0) is 55.0 Å². The van der Waals surface area contributed by atoms with Gasteiger partial charge in [0, 0.05) is 22.6 Å². The van der Waals surface area contributed by atoms with E-state index in [1.165, 1.54) is 16.4 Å². The Morgan fingerprint density at radius 3 is 2.34 bits per heavy atom. The van der Waals surface area contributed by atoms with E-state index in [1.807, 2.05) is 61.5 Å². The second kappa shape index (κ2) is 12.4. The van der Waals surface area contributed by atoms with Crippen LogP contribution in [0.3, 0.4) is 0 Å². The molecule has 0 aliphatic heterocycles. The molecule has 4 rings (SSSR count). The van der Waals surface area contributed by atoms with Crippen molar-refractivity contribution in [3.63, 3.8) is 0 Å².